The minimum Gasteiger partial charge on any atom is -0.304 e. The third-order valence-corrected chi connectivity index (χ3v) is 2.91. The normalized spacial score (nSPS) is 10.0. The highest BCUT2D eigenvalue weighted by atomic mass is 79.9. The fraction of sp³-hybridized carbons (Fsp3) is 0. The van der Waals surface area contributed by atoms with Crippen LogP contribution >= 0.6 is 27.5 Å². The van der Waals surface area contributed by atoms with Crippen LogP contribution in [0.2, 0.25) is 5.02 Å². The summed E-state index contributed by atoms with van der Waals surface area (Å²) in [5.74, 6) is -0.0465. The molecule has 0 bridgehead atoms. The lowest BCUT2D eigenvalue weighted by atomic mass is 10.3. The van der Waals surface area contributed by atoms with E-state index in [1.54, 1.807) is 36.7 Å². The fourth-order valence-corrected chi connectivity index (χ4v) is 1.80. The van der Waals surface area contributed by atoms with Crippen LogP contribution < -0.4 is 5.32 Å². The van der Waals surface area contributed by atoms with E-state index in [2.05, 4.69) is 31.2 Å². The zero-order valence-corrected chi connectivity index (χ0v) is 10.9. The van der Waals surface area contributed by atoms with Gasteiger partial charge in [-0.15, -0.1) is 0 Å². The van der Waals surface area contributed by atoms with Crippen molar-refractivity contribution in [1.82, 2.24) is 9.97 Å². The highest BCUT2D eigenvalue weighted by Gasteiger charge is 2.13. The summed E-state index contributed by atoms with van der Waals surface area (Å²) >= 11 is 9.14. The second kappa shape index (κ2) is 5.25. The molecule has 1 N–H and O–H groups in total. The average Bonchev–Trinajstić information content (AvgIpc) is 2.32. The summed E-state index contributed by atoms with van der Waals surface area (Å²) in [7, 11) is 0. The summed E-state index contributed by atoms with van der Waals surface area (Å²) in [5.41, 5.74) is 0.286. The van der Waals surface area contributed by atoms with Crippen molar-refractivity contribution in [2.45, 2.75) is 0 Å². The third kappa shape index (κ3) is 2.81. The van der Waals surface area contributed by atoms with Crippen LogP contribution in [0.4, 0.5) is 5.82 Å². The third-order valence-electron chi connectivity index (χ3n) is 1.96. The van der Waals surface area contributed by atoms with Gasteiger partial charge in [0.25, 0.3) is 5.91 Å². The van der Waals surface area contributed by atoms with Crippen LogP contribution in [-0.2, 0) is 0 Å². The van der Waals surface area contributed by atoms with E-state index in [1.807, 2.05) is 0 Å². The molecule has 1 amide bonds. The van der Waals surface area contributed by atoms with Gasteiger partial charge in [-0.3, -0.25) is 4.79 Å². The molecule has 0 saturated heterocycles. The number of anilines is 1. The number of rotatable bonds is 2. The number of nitrogens with zero attached hydrogens (tertiary/aromatic N) is 2. The van der Waals surface area contributed by atoms with Gasteiger partial charge < -0.3 is 5.32 Å². The molecule has 2 rings (SSSR count). The molecule has 0 unspecified atom stereocenters. The zero-order valence-electron chi connectivity index (χ0n) is 8.52. The Bertz CT molecular complexity index is 562. The minimum atomic E-state index is -0.363. The molecule has 2 heterocycles. The molecule has 17 heavy (non-hydrogen) atoms. The lowest BCUT2D eigenvalue weighted by Gasteiger charge is -2.06. The lowest BCUT2D eigenvalue weighted by molar-refractivity contribution is 0.102. The van der Waals surface area contributed by atoms with Crippen LogP contribution in [0.3, 0.4) is 0 Å². The lowest BCUT2D eigenvalue weighted by Crippen LogP contribution is -2.15. The maximum Gasteiger partial charge on any atom is 0.276 e. The maximum absolute atomic E-state index is 11.9. The first-order valence-corrected chi connectivity index (χ1v) is 5.88. The van der Waals surface area contributed by atoms with E-state index < -0.39 is 0 Å². The van der Waals surface area contributed by atoms with Gasteiger partial charge in [0.15, 0.2) is 5.82 Å². The van der Waals surface area contributed by atoms with E-state index in [4.69, 9.17) is 11.6 Å². The van der Waals surface area contributed by atoms with Crippen molar-refractivity contribution in [3.8, 4) is 0 Å². The molecule has 2 aromatic heterocycles. The van der Waals surface area contributed by atoms with E-state index in [1.165, 1.54) is 0 Å². The number of pyridine rings is 2. The first kappa shape index (κ1) is 12.0. The molecule has 0 aromatic carbocycles. The first-order chi connectivity index (χ1) is 8.18. The average molecular weight is 313 g/mol. The number of amides is 1. The predicted molar refractivity (Wildman–Crippen MR) is 69.1 cm³/mol. The largest absolute Gasteiger partial charge is 0.304 e. The Balaban J connectivity index is 2.24. The second-order valence-electron chi connectivity index (χ2n) is 3.12. The molecular weight excluding hydrogens is 305 g/mol. The Hall–Kier alpha value is -1.46. The Morgan fingerprint density at radius 1 is 1.24 bits per heavy atom. The van der Waals surface area contributed by atoms with E-state index in [9.17, 15) is 4.79 Å². The highest BCUT2D eigenvalue weighted by molar-refractivity contribution is 9.10. The molecule has 4 nitrogen and oxygen atoms in total. The maximum atomic E-state index is 11.9. The zero-order chi connectivity index (χ0) is 12.3. The van der Waals surface area contributed by atoms with Gasteiger partial charge in [0.2, 0.25) is 0 Å². The fourth-order valence-electron chi connectivity index (χ4n) is 1.20. The number of carbonyl (C=O) groups excluding carboxylic acids is 1. The Kier molecular flexibility index (Phi) is 3.71. The van der Waals surface area contributed by atoms with Gasteiger partial charge in [-0.2, -0.15) is 0 Å². The van der Waals surface area contributed by atoms with Gasteiger partial charge in [-0.25, -0.2) is 9.97 Å². The molecule has 86 valence electrons. The summed E-state index contributed by atoms with van der Waals surface area (Å²) in [6, 6.07) is 6.81. The summed E-state index contributed by atoms with van der Waals surface area (Å²) in [4.78, 5) is 19.8. The molecule has 6 heteroatoms. The number of hydrogen-bond acceptors (Lipinski definition) is 3. The topological polar surface area (TPSA) is 54.9 Å². The molecule has 2 aromatic rings. The smallest absolute Gasteiger partial charge is 0.276 e. The molecule has 0 radical (unpaired) electrons. The molecule has 0 aliphatic rings. The number of carbonyl (C=O) groups is 1. The van der Waals surface area contributed by atoms with Crippen molar-refractivity contribution in [2.24, 2.45) is 0 Å². The number of halogens is 2. The van der Waals surface area contributed by atoms with E-state index in [-0.39, 0.29) is 11.6 Å². The summed E-state index contributed by atoms with van der Waals surface area (Å²) in [6.07, 6.45) is 3.09. The Morgan fingerprint density at radius 2 is 1.94 bits per heavy atom. The number of aromatic nitrogens is 2. The van der Waals surface area contributed by atoms with Gasteiger partial charge >= 0.3 is 0 Å². The van der Waals surface area contributed by atoms with Crippen LogP contribution in [0, 0.1) is 0 Å². The summed E-state index contributed by atoms with van der Waals surface area (Å²) < 4.78 is 0.615. The molecule has 0 aliphatic carbocycles. The van der Waals surface area contributed by atoms with E-state index >= 15 is 0 Å². The SMILES string of the molecule is O=C(Nc1ncccc1Cl)c1ncccc1Br. The van der Waals surface area contributed by atoms with Gasteiger partial charge in [-0.1, -0.05) is 11.6 Å². The van der Waals surface area contributed by atoms with Gasteiger partial charge in [0.1, 0.15) is 5.69 Å². The Labute approximate surface area is 111 Å². The van der Waals surface area contributed by atoms with Crippen molar-refractivity contribution in [3.05, 3.63) is 51.8 Å². The van der Waals surface area contributed by atoms with E-state index in [0.29, 0.717) is 15.3 Å². The summed E-state index contributed by atoms with van der Waals surface area (Å²) in [6.45, 7) is 0. The number of hydrogen-bond donors (Lipinski definition) is 1. The van der Waals surface area contributed by atoms with Gasteiger partial charge in [0, 0.05) is 16.9 Å². The van der Waals surface area contributed by atoms with Crippen LogP contribution in [0.15, 0.2) is 41.1 Å². The Morgan fingerprint density at radius 3 is 2.65 bits per heavy atom. The van der Waals surface area contributed by atoms with E-state index in [0.717, 1.165) is 0 Å². The minimum absolute atomic E-state index is 0.286. The summed E-state index contributed by atoms with van der Waals surface area (Å²) in [5, 5.41) is 2.98. The van der Waals surface area contributed by atoms with Crippen LogP contribution in [0.25, 0.3) is 0 Å². The highest BCUT2D eigenvalue weighted by Crippen LogP contribution is 2.19. The van der Waals surface area contributed by atoms with Crippen molar-refractivity contribution in [2.75, 3.05) is 5.32 Å². The van der Waals surface area contributed by atoms with Crippen LogP contribution in [0.5, 0.6) is 0 Å². The monoisotopic (exact) mass is 311 g/mol. The van der Waals surface area contributed by atoms with Gasteiger partial charge in [0.05, 0.1) is 5.02 Å². The molecule has 0 aliphatic heterocycles. The molecule has 0 atom stereocenters. The van der Waals surface area contributed by atoms with Gasteiger partial charge in [-0.05, 0) is 40.2 Å². The molecule has 0 saturated carbocycles. The van der Waals surface area contributed by atoms with Crippen molar-refractivity contribution in [3.63, 3.8) is 0 Å². The quantitative estimate of drug-likeness (QED) is 0.927. The molecular formula is C11H7BrClN3O. The first-order valence-electron chi connectivity index (χ1n) is 4.71. The van der Waals surface area contributed by atoms with Crippen molar-refractivity contribution >= 4 is 39.3 Å². The van der Waals surface area contributed by atoms with Crippen LogP contribution in [0.1, 0.15) is 10.5 Å². The molecule has 0 fully saturated rings. The second-order valence-corrected chi connectivity index (χ2v) is 4.38. The predicted octanol–water partition coefficient (Wildman–Crippen LogP) is 3.14. The van der Waals surface area contributed by atoms with Crippen molar-refractivity contribution < 1.29 is 4.79 Å². The standard InChI is InChI=1S/C11H7BrClN3O/c12-7-3-1-5-14-9(7)11(17)16-10-8(13)4-2-6-15-10/h1-6H,(H,15,16,17). The van der Waals surface area contributed by atoms with Crippen molar-refractivity contribution in [1.29, 1.82) is 0 Å². The molecule has 0 spiro atoms. The van der Waals surface area contributed by atoms with Crippen LogP contribution in [-0.4, -0.2) is 15.9 Å². The number of nitrogens with one attached hydrogen (secondary N) is 1.